The van der Waals surface area contributed by atoms with Crippen LogP contribution in [0.2, 0.25) is 0 Å². The molecule has 0 bridgehead atoms. The molecule has 0 N–H and O–H groups in total. The Labute approximate surface area is 184 Å². The van der Waals surface area contributed by atoms with Crippen LogP contribution in [0.1, 0.15) is 30.5 Å². The average molecular weight is 443 g/mol. The molecule has 0 unspecified atom stereocenters. The number of aldehydes is 1. The molecule has 0 aliphatic heterocycles. The zero-order valence-corrected chi connectivity index (χ0v) is 17.8. The molecule has 0 aliphatic rings. The molecule has 0 spiro atoms. The highest BCUT2D eigenvalue weighted by Crippen LogP contribution is 2.29. The molecule has 0 fully saturated rings. The van der Waals surface area contributed by atoms with E-state index >= 15 is 0 Å². The number of anilines is 1. The van der Waals surface area contributed by atoms with Gasteiger partial charge in [-0.25, -0.2) is 4.98 Å². The fourth-order valence-electron chi connectivity index (χ4n) is 3.06. The van der Waals surface area contributed by atoms with Crippen molar-refractivity contribution in [2.75, 3.05) is 11.4 Å². The summed E-state index contributed by atoms with van der Waals surface area (Å²) in [4.78, 5) is 21.4. The first-order valence-electron chi connectivity index (χ1n) is 10.1. The topological polar surface area (TPSA) is 55.3 Å². The smallest absolute Gasteiger partial charge is 0.416 e. The first-order chi connectivity index (χ1) is 15.2. The van der Waals surface area contributed by atoms with Crippen LogP contribution in [0.4, 0.5) is 19.0 Å². The lowest BCUT2D eigenvalue weighted by atomic mass is 10.1. The molecule has 0 saturated carbocycles. The maximum atomic E-state index is 12.8. The summed E-state index contributed by atoms with van der Waals surface area (Å²) in [5, 5.41) is 0. The highest BCUT2D eigenvalue weighted by molar-refractivity contribution is 5.61. The normalized spacial score (nSPS) is 11.8. The number of rotatable bonds is 9. The molecule has 1 aromatic heterocycles. The van der Waals surface area contributed by atoms with E-state index in [-0.39, 0.29) is 0 Å². The highest BCUT2D eigenvalue weighted by atomic mass is 19.4. The maximum absolute atomic E-state index is 12.8. The van der Waals surface area contributed by atoms with Crippen molar-refractivity contribution in [2.24, 2.45) is 0 Å². The number of benzene rings is 2. The van der Waals surface area contributed by atoms with Gasteiger partial charge in [0.2, 0.25) is 0 Å². The molecular weight excluding hydrogens is 419 g/mol. The van der Waals surface area contributed by atoms with Crippen LogP contribution in [-0.2, 0) is 23.9 Å². The van der Waals surface area contributed by atoms with Crippen LogP contribution in [-0.4, -0.2) is 28.4 Å². The fraction of sp³-hybridized carbons (Fsp3) is 0.292. The van der Waals surface area contributed by atoms with Gasteiger partial charge in [-0.2, -0.15) is 13.2 Å². The van der Waals surface area contributed by atoms with E-state index in [1.807, 2.05) is 29.2 Å². The van der Waals surface area contributed by atoms with Crippen molar-refractivity contribution in [3.63, 3.8) is 0 Å². The molecule has 0 saturated heterocycles. The van der Waals surface area contributed by atoms with E-state index in [1.165, 1.54) is 12.1 Å². The molecule has 0 atom stereocenters. The van der Waals surface area contributed by atoms with Crippen molar-refractivity contribution in [1.82, 2.24) is 9.97 Å². The SMILES string of the molecule is CC(C)(C=O)Oc1ccc(CCN(Cc2ccc(C(F)(F)F)cc2)c2cnccn2)cc1. The van der Waals surface area contributed by atoms with Crippen LogP contribution in [0.15, 0.2) is 67.1 Å². The van der Waals surface area contributed by atoms with Gasteiger partial charge in [-0.05, 0) is 55.7 Å². The van der Waals surface area contributed by atoms with Gasteiger partial charge < -0.3 is 9.64 Å². The molecule has 3 aromatic rings. The second kappa shape index (κ2) is 9.80. The number of halogens is 3. The number of hydrogen-bond donors (Lipinski definition) is 0. The van der Waals surface area contributed by atoms with E-state index < -0.39 is 17.3 Å². The predicted molar refractivity (Wildman–Crippen MR) is 115 cm³/mol. The second-order valence-electron chi connectivity index (χ2n) is 7.90. The Kier molecular flexibility index (Phi) is 7.12. The van der Waals surface area contributed by atoms with Crippen molar-refractivity contribution in [3.05, 3.63) is 83.8 Å². The summed E-state index contributed by atoms with van der Waals surface area (Å²) in [6.07, 6.45) is 1.84. The Bertz CT molecular complexity index is 1010. The number of ether oxygens (including phenoxy) is 1. The number of nitrogens with zero attached hydrogens (tertiary/aromatic N) is 3. The van der Waals surface area contributed by atoms with Gasteiger partial charge in [0.15, 0.2) is 11.9 Å². The monoisotopic (exact) mass is 443 g/mol. The lowest BCUT2D eigenvalue weighted by molar-refractivity contribution is -0.137. The third-order valence-corrected chi connectivity index (χ3v) is 4.79. The second-order valence-corrected chi connectivity index (χ2v) is 7.90. The van der Waals surface area contributed by atoms with Crippen molar-refractivity contribution in [2.45, 2.75) is 38.6 Å². The average Bonchev–Trinajstić information content (AvgIpc) is 2.78. The molecule has 0 amide bonds. The minimum atomic E-state index is -4.36. The van der Waals surface area contributed by atoms with Gasteiger partial charge in [-0.15, -0.1) is 0 Å². The molecule has 5 nitrogen and oxygen atoms in total. The van der Waals surface area contributed by atoms with E-state index in [1.54, 1.807) is 32.4 Å². The molecule has 0 radical (unpaired) electrons. The van der Waals surface area contributed by atoms with E-state index in [9.17, 15) is 18.0 Å². The Morgan fingerprint density at radius 2 is 1.62 bits per heavy atom. The van der Waals surface area contributed by atoms with Crippen LogP contribution in [0.25, 0.3) is 0 Å². The minimum absolute atomic E-state index is 0.394. The van der Waals surface area contributed by atoms with Crippen LogP contribution in [0.5, 0.6) is 5.75 Å². The molecule has 1 heterocycles. The summed E-state index contributed by atoms with van der Waals surface area (Å²) < 4.78 is 44.2. The number of carbonyl (C=O) groups excluding carboxylic acids is 1. The van der Waals surface area contributed by atoms with Crippen molar-refractivity contribution in [1.29, 1.82) is 0 Å². The van der Waals surface area contributed by atoms with Gasteiger partial charge in [-0.1, -0.05) is 24.3 Å². The first-order valence-corrected chi connectivity index (χ1v) is 10.1. The van der Waals surface area contributed by atoms with Crippen LogP contribution >= 0.6 is 0 Å². The highest BCUT2D eigenvalue weighted by Gasteiger charge is 2.30. The summed E-state index contributed by atoms with van der Waals surface area (Å²) in [6, 6.07) is 12.6. The standard InChI is InChI=1S/C24H24F3N3O2/c1-23(2,17-31)32-21-9-5-18(6-10-21)11-14-30(22-15-28-12-13-29-22)16-19-3-7-20(8-4-19)24(25,26)27/h3-10,12-13,15,17H,11,14,16H2,1-2H3. The predicted octanol–water partition coefficient (Wildman–Crippen LogP) is 5.10. The van der Waals surface area contributed by atoms with Crippen molar-refractivity contribution < 1.29 is 22.7 Å². The Balaban J connectivity index is 1.70. The van der Waals surface area contributed by atoms with Gasteiger partial charge in [0.1, 0.15) is 11.6 Å². The summed E-state index contributed by atoms with van der Waals surface area (Å²) in [5.41, 5.74) is 0.213. The lowest BCUT2D eigenvalue weighted by Gasteiger charge is -2.24. The summed E-state index contributed by atoms with van der Waals surface area (Å²) in [6.45, 7) is 4.35. The van der Waals surface area contributed by atoms with Crippen LogP contribution in [0.3, 0.4) is 0 Å². The fourth-order valence-corrected chi connectivity index (χ4v) is 3.06. The third kappa shape index (κ3) is 6.54. The van der Waals surface area contributed by atoms with Crippen LogP contribution < -0.4 is 9.64 Å². The summed E-state index contributed by atoms with van der Waals surface area (Å²) >= 11 is 0. The number of carbonyl (C=O) groups is 1. The Morgan fingerprint density at radius 3 is 2.19 bits per heavy atom. The molecule has 0 aliphatic carbocycles. The van der Waals surface area contributed by atoms with E-state index in [0.29, 0.717) is 31.1 Å². The number of alkyl halides is 3. The lowest BCUT2D eigenvalue weighted by Crippen LogP contribution is -2.29. The largest absolute Gasteiger partial charge is 0.480 e. The maximum Gasteiger partial charge on any atom is 0.416 e. The summed E-state index contributed by atoms with van der Waals surface area (Å²) in [5.74, 6) is 1.24. The summed E-state index contributed by atoms with van der Waals surface area (Å²) in [7, 11) is 0. The van der Waals surface area contributed by atoms with Gasteiger partial charge in [-0.3, -0.25) is 9.78 Å². The van der Waals surface area contributed by atoms with E-state index in [0.717, 1.165) is 29.5 Å². The van der Waals surface area contributed by atoms with Crippen molar-refractivity contribution in [3.8, 4) is 5.75 Å². The third-order valence-electron chi connectivity index (χ3n) is 4.79. The van der Waals surface area contributed by atoms with Crippen LogP contribution in [0, 0.1) is 0 Å². The molecule has 32 heavy (non-hydrogen) atoms. The Hall–Kier alpha value is -3.42. The molecule has 8 heteroatoms. The number of hydrogen-bond acceptors (Lipinski definition) is 5. The molecular formula is C24H24F3N3O2. The molecule has 2 aromatic carbocycles. The van der Waals surface area contributed by atoms with Crippen molar-refractivity contribution >= 4 is 12.1 Å². The zero-order chi connectivity index (χ0) is 23.2. The Morgan fingerprint density at radius 1 is 0.969 bits per heavy atom. The first kappa shape index (κ1) is 23.2. The van der Waals surface area contributed by atoms with Gasteiger partial charge >= 0.3 is 6.18 Å². The van der Waals surface area contributed by atoms with Gasteiger partial charge in [0, 0.05) is 25.5 Å². The van der Waals surface area contributed by atoms with E-state index in [2.05, 4.69) is 9.97 Å². The molecule has 3 rings (SSSR count). The van der Waals surface area contributed by atoms with E-state index in [4.69, 9.17) is 4.74 Å². The van der Waals surface area contributed by atoms with Gasteiger partial charge in [0.25, 0.3) is 0 Å². The molecule has 168 valence electrons. The zero-order valence-electron chi connectivity index (χ0n) is 17.8. The quantitative estimate of drug-likeness (QED) is 0.431. The van der Waals surface area contributed by atoms with Gasteiger partial charge in [0.05, 0.1) is 11.8 Å². The minimum Gasteiger partial charge on any atom is -0.480 e. The number of aromatic nitrogens is 2.